The molecule has 0 radical (unpaired) electrons. The lowest BCUT2D eigenvalue weighted by atomic mass is 10.0. The largest absolute Gasteiger partial charge is 0.416 e. The maximum absolute atomic E-state index is 14.6. The van der Waals surface area contributed by atoms with Crippen molar-refractivity contribution < 1.29 is 63.1 Å². The number of aromatic nitrogens is 2. The fraction of sp³-hybridized carbons (Fsp3) is 0.350. The van der Waals surface area contributed by atoms with Crippen molar-refractivity contribution in [3.63, 3.8) is 0 Å². The summed E-state index contributed by atoms with van der Waals surface area (Å²) < 4.78 is 136. The van der Waals surface area contributed by atoms with Gasteiger partial charge >= 0.3 is 24.4 Å². The predicted molar refractivity (Wildman–Crippen MR) is 217 cm³/mol. The number of benzene rings is 2. The first kappa shape index (κ1) is 48.5. The molecule has 7 rings (SSSR count). The Kier molecular flexibility index (Phi) is 13.8. The van der Waals surface area contributed by atoms with Crippen LogP contribution in [0, 0.1) is 43.0 Å². The van der Waals surface area contributed by atoms with E-state index in [-0.39, 0.29) is 60.0 Å². The van der Waals surface area contributed by atoms with E-state index in [1.165, 1.54) is 32.8 Å². The molecular weight excluding hydrogens is 931 g/mol. The highest BCUT2D eigenvalue weighted by Gasteiger charge is 2.47. The number of alkyl halides is 6. The van der Waals surface area contributed by atoms with E-state index < -0.39 is 92.8 Å². The minimum atomic E-state index is -4.70. The van der Waals surface area contributed by atoms with Gasteiger partial charge in [0, 0.05) is 57.6 Å². The first-order valence-electron chi connectivity index (χ1n) is 19.1. The van der Waals surface area contributed by atoms with Crippen molar-refractivity contribution in [3.8, 4) is 0 Å². The Morgan fingerprint density at radius 1 is 0.708 bits per heavy atom. The van der Waals surface area contributed by atoms with Crippen LogP contribution in [0.1, 0.15) is 22.5 Å². The number of carbonyl (C=O) groups excluding carboxylic acids is 4. The Morgan fingerprint density at radius 2 is 1.15 bits per heavy atom. The molecule has 348 valence electrons. The van der Waals surface area contributed by atoms with E-state index >= 15 is 0 Å². The van der Waals surface area contributed by atoms with Gasteiger partial charge < -0.3 is 25.3 Å². The minimum Gasteiger partial charge on any atom is -0.335 e. The zero-order chi connectivity index (χ0) is 48.0. The van der Waals surface area contributed by atoms with E-state index in [0.717, 1.165) is 56.0 Å². The first-order valence-corrected chi connectivity index (χ1v) is 19.9. The number of halogens is 12. The molecule has 5 heterocycles. The van der Waals surface area contributed by atoms with Crippen molar-refractivity contribution in [2.24, 2.45) is 5.92 Å². The van der Waals surface area contributed by atoms with Crippen molar-refractivity contribution in [2.75, 3.05) is 66.4 Å². The van der Waals surface area contributed by atoms with E-state index in [0.29, 0.717) is 25.2 Å². The van der Waals surface area contributed by atoms with Gasteiger partial charge in [0.2, 0.25) is 0 Å². The number of hydrogen-bond donors (Lipinski definition) is 2. The number of carbonyl (C=O) groups is 4. The maximum Gasteiger partial charge on any atom is 0.416 e. The smallest absolute Gasteiger partial charge is 0.335 e. The molecule has 3 aliphatic rings. The maximum atomic E-state index is 14.6. The number of amides is 6. The molecule has 0 saturated carbocycles. The average Bonchev–Trinajstić information content (AvgIpc) is 3.77. The van der Waals surface area contributed by atoms with Crippen LogP contribution in [0.25, 0.3) is 0 Å². The Balaban J connectivity index is 0.000000218. The quantitative estimate of drug-likeness (QED) is 0.136. The summed E-state index contributed by atoms with van der Waals surface area (Å²) in [5, 5.41) is 3.79. The summed E-state index contributed by atoms with van der Waals surface area (Å²) in [5.41, 5.74) is -2.79. The Hall–Kier alpha value is -5.94. The molecule has 2 atom stereocenters. The van der Waals surface area contributed by atoms with E-state index in [1.807, 2.05) is 0 Å². The van der Waals surface area contributed by atoms with Crippen LogP contribution in [-0.4, -0.2) is 97.6 Å². The Morgan fingerprint density at radius 3 is 1.58 bits per heavy atom. The van der Waals surface area contributed by atoms with Gasteiger partial charge in [-0.25, -0.2) is 37.1 Å². The molecule has 0 unspecified atom stereocenters. The lowest BCUT2D eigenvalue weighted by molar-refractivity contribution is -0.138. The molecule has 3 fully saturated rings. The molecule has 2 N–H and O–H groups in total. The zero-order valence-electron chi connectivity index (χ0n) is 34.2. The topological polar surface area (TPSA) is 134 Å². The third kappa shape index (κ3) is 10.0. The fourth-order valence-corrected chi connectivity index (χ4v) is 7.44. The number of likely N-dealkylation sites (N-methyl/N-ethyl adjacent to an activating group) is 2. The van der Waals surface area contributed by atoms with Gasteiger partial charge in [0.05, 0.1) is 29.0 Å². The van der Waals surface area contributed by atoms with E-state index in [4.69, 9.17) is 23.2 Å². The highest BCUT2D eigenvalue weighted by atomic mass is 35.5. The van der Waals surface area contributed by atoms with Gasteiger partial charge in [-0.05, 0) is 62.4 Å². The summed E-state index contributed by atoms with van der Waals surface area (Å²) in [5.74, 6) is -6.66. The van der Waals surface area contributed by atoms with Gasteiger partial charge in [-0.3, -0.25) is 19.4 Å². The zero-order valence-corrected chi connectivity index (χ0v) is 35.7. The molecule has 0 bridgehead atoms. The van der Waals surface area contributed by atoms with Crippen molar-refractivity contribution >= 4 is 70.1 Å². The van der Waals surface area contributed by atoms with Gasteiger partial charge in [0.25, 0.3) is 11.8 Å². The van der Waals surface area contributed by atoms with Crippen molar-refractivity contribution in [1.82, 2.24) is 25.5 Å². The summed E-state index contributed by atoms with van der Waals surface area (Å²) >= 11 is 11.2. The summed E-state index contributed by atoms with van der Waals surface area (Å²) in [6, 6.07) is 2.57. The van der Waals surface area contributed by atoms with Gasteiger partial charge in [-0.2, -0.15) is 26.3 Å². The molecule has 25 heteroatoms. The normalized spacial score (nSPS) is 17.8. The number of aryl methyl sites for hydroxylation is 2. The lowest BCUT2D eigenvalue weighted by Gasteiger charge is -2.30. The summed E-state index contributed by atoms with van der Waals surface area (Å²) in [6.07, 6.45) is -9.39. The number of hydrogen-bond acceptors (Lipinski definition) is 7. The second-order valence-electron chi connectivity index (χ2n) is 15.1. The molecule has 3 aliphatic heterocycles. The highest BCUT2D eigenvalue weighted by Crippen LogP contribution is 2.37. The number of pyridine rings is 2. The number of anilines is 4. The number of nitrogens with zero attached hydrogens (tertiary/aromatic N) is 7. The molecule has 65 heavy (non-hydrogen) atoms. The third-order valence-corrected chi connectivity index (χ3v) is 11.2. The van der Waals surface area contributed by atoms with Crippen LogP contribution in [0.15, 0.2) is 48.5 Å². The van der Waals surface area contributed by atoms with Crippen LogP contribution in [-0.2, 0) is 21.9 Å². The number of urea groups is 2. The molecule has 0 aliphatic carbocycles. The fourth-order valence-electron chi connectivity index (χ4n) is 7.12. The molecule has 13 nitrogen and oxygen atoms in total. The minimum absolute atomic E-state index is 0.000169. The van der Waals surface area contributed by atoms with Crippen LogP contribution in [0.3, 0.4) is 0 Å². The SMILES string of the molecule is Cc1cc(C(F)(F)F)cc(N2C(=O)N(CC3CNC3)C[C@H]2C(=O)N(C)c2ccc(F)c(Cl)c2F)n1.Cc1cc(C(F)(F)F)cc(N2C(=O)NC[C@H]2C(=O)N(C)c2ccc(F)c(Cl)c2F)n1. The van der Waals surface area contributed by atoms with Crippen LogP contribution >= 0.6 is 23.2 Å². The molecule has 3 saturated heterocycles. The van der Waals surface area contributed by atoms with E-state index in [1.54, 1.807) is 0 Å². The van der Waals surface area contributed by atoms with Crippen molar-refractivity contribution in [1.29, 1.82) is 0 Å². The molecule has 6 amide bonds. The number of rotatable bonds is 8. The molecule has 2 aromatic heterocycles. The second-order valence-corrected chi connectivity index (χ2v) is 15.8. The summed E-state index contributed by atoms with van der Waals surface area (Å²) in [6.45, 7) is 3.85. The van der Waals surface area contributed by atoms with Crippen molar-refractivity contribution in [2.45, 2.75) is 38.3 Å². The highest BCUT2D eigenvalue weighted by molar-refractivity contribution is 6.31. The van der Waals surface area contributed by atoms with Gasteiger partial charge in [0.1, 0.15) is 45.4 Å². The lowest BCUT2D eigenvalue weighted by Crippen LogP contribution is -2.49. The molecular formula is C40H35Cl2F10N9O4. The molecule has 2 aromatic carbocycles. The summed E-state index contributed by atoms with van der Waals surface area (Å²) in [7, 11) is 2.38. The number of nitrogens with one attached hydrogen (secondary N) is 2. The van der Waals surface area contributed by atoms with Gasteiger partial charge in [-0.15, -0.1) is 0 Å². The van der Waals surface area contributed by atoms with Crippen LogP contribution < -0.4 is 30.2 Å². The molecule has 4 aromatic rings. The third-order valence-electron chi connectivity index (χ3n) is 10.5. The van der Waals surface area contributed by atoms with E-state index in [2.05, 4.69) is 20.6 Å². The second kappa shape index (κ2) is 18.5. The average molecular weight is 967 g/mol. The standard InChI is InChI=1S/C22H21ClF5N5O2.C18H14ClF5N4O2/c1-11-5-13(22(26,27)28)6-17(30-11)33-16(10-32(21(33)35)9-12-7-29-8-12)20(34)31(2)15-4-3-14(24)18(23)19(15)25;1-8-5-9(18(22,23)24)6-13(26-8)28-12(7-25-17(28)30)16(29)27(2)11-4-3-10(20)14(19)15(11)21/h3-6,12,16,29H,7-10H2,1-2H3;3-6,12H,7H2,1-2H3,(H,25,30)/t16-;12-/m00/s1. The monoisotopic (exact) mass is 965 g/mol. The van der Waals surface area contributed by atoms with Crippen LogP contribution in [0.4, 0.5) is 76.5 Å². The van der Waals surface area contributed by atoms with Crippen LogP contribution in [0.5, 0.6) is 0 Å². The predicted octanol–water partition coefficient (Wildman–Crippen LogP) is 7.74. The van der Waals surface area contributed by atoms with E-state index in [9.17, 15) is 63.1 Å². The summed E-state index contributed by atoms with van der Waals surface area (Å²) in [4.78, 5) is 64.7. The van der Waals surface area contributed by atoms with Gasteiger partial charge in [-0.1, -0.05) is 23.2 Å². The van der Waals surface area contributed by atoms with Gasteiger partial charge in [0.15, 0.2) is 11.6 Å². The molecule has 0 spiro atoms. The van der Waals surface area contributed by atoms with Crippen molar-refractivity contribution in [3.05, 3.63) is 104 Å². The first-order chi connectivity index (χ1) is 30.3. The Bertz CT molecular complexity index is 2550. The Labute approximate surface area is 372 Å². The van der Waals surface area contributed by atoms with Crippen LogP contribution in [0.2, 0.25) is 10.0 Å².